The average molecular weight is 282 g/mol. The van der Waals surface area contributed by atoms with Crippen molar-refractivity contribution in [1.29, 1.82) is 0 Å². The maximum Gasteiger partial charge on any atom is 0.266 e. The lowest BCUT2D eigenvalue weighted by Crippen LogP contribution is -2.19. The number of hydrogen-bond donors (Lipinski definition) is 3. The Hall–Kier alpha value is -2.13. The molecule has 2 aromatic heterocycles. The molecular formula is C10H14N6O2S. The predicted molar refractivity (Wildman–Crippen MR) is 70.8 cm³/mol. The van der Waals surface area contributed by atoms with Crippen LogP contribution in [0.1, 0.15) is 5.69 Å². The second kappa shape index (κ2) is 4.86. The highest BCUT2D eigenvalue weighted by Crippen LogP contribution is 2.21. The van der Waals surface area contributed by atoms with Crippen molar-refractivity contribution < 1.29 is 8.42 Å². The first-order valence-electron chi connectivity index (χ1n) is 5.38. The third-order valence-corrected chi connectivity index (χ3v) is 3.85. The van der Waals surface area contributed by atoms with Gasteiger partial charge in [0.1, 0.15) is 10.7 Å². The second-order valence-corrected chi connectivity index (χ2v) is 5.57. The van der Waals surface area contributed by atoms with Crippen LogP contribution < -0.4 is 16.0 Å². The number of hydrogen-bond acceptors (Lipinski definition) is 6. The predicted octanol–water partition coefficient (Wildman–Crippen LogP) is 0.210. The van der Waals surface area contributed by atoms with Crippen LogP contribution in [-0.4, -0.2) is 23.2 Å². The first-order valence-corrected chi connectivity index (χ1v) is 6.86. The van der Waals surface area contributed by atoms with Crippen molar-refractivity contribution in [2.45, 2.75) is 11.8 Å². The van der Waals surface area contributed by atoms with E-state index < -0.39 is 10.0 Å². The molecule has 0 atom stereocenters. The summed E-state index contributed by atoms with van der Waals surface area (Å²) in [7, 11) is -2.13. The highest BCUT2D eigenvalue weighted by atomic mass is 32.2. The maximum atomic E-state index is 12.3. The van der Waals surface area contributed by atoms with Crippen LogP contribution in [0, 0.1) is 6.92 Å². The quantitative estimate of drug-likeness (QED) is 0.545. The summed E-state index contributed by atoms with van der Waals surface area (Å²) in [4.78, 5) is 3.76. The van der Waals surface area contributed by atoms with Gasteiger partial charge in [0.05, 0.1) is 11.4 Å². The normalized spacial score (nSPS) is 11.3. The van der Waals surface area contributed by atoms with Crippen molar-refractivity contribution in [1.82, 2.24) is 14.8 Å². The number of aromatic nitrogens is 3. The fraction of sp³-hybridized carbons (Fsp3) is 0.200. The number of hydrazine groups is 1. The lowest BCUT2D eigenvalue weighted by atomic mass is 10.4. The van der Waals surface area contributed by atoms with Crippen LogP contribution in [0.3, 0.4) is 0 Å². The molecule has 4 N–H and O–H groups in total. The third kappa shape index (κ3) is 2.66. The molecule has 2 rings (SSSR count). The zero-order chi connectivity index (χ0) is 14.0. The summed E-state index contributed by atoms with van der Waals surface area (Å²) in [5, 5.41) is 4.07. The third-order valence-electron chi connectivity index (χ3n) is 2.47. The van der Waals surface area contributed by atoms with E-state index in [-0.39, 0.29) is 10.6 Å². The van der Waals surface area contributed by atoms with Gasteiger partial charge in [0.2, 0.25) is 0 Å². The molecule has 0 spiro atoms. The summed E-state index contributed by atoms with van der Waals surface area (Å²) in [6.07, 6.45) is 2.67. The van der Waals surface area contributed by atoms with E-state index >= 15 is 0 Å². The van der Waals surface area contributed by atoms with Crippen molar-refractivity contribution in [3.8, 4) is 0 Å². The number of nitrogens with two attached hydrogens (primary N) is 1. The zero-order valence-electron chi connectivity index (χ0n) is 10.5. The lowest BCUT2D eigenvalue weighted by Gasteiger charge is -2.10. The number of sulfonamides is 1. The monoisotopic (exact) mass is 282 g/mol. The number of pyridine rings is 1. The Morgan fingerprint density at radius 1 is 1.42 bits per heavy atom. The van der Waals surface area contributed by atoms with Gasteiger partial charge >= 0.3 is 0 Å². The Balaban J connectivity index is 2.40. The van der Waals surface area contributed by atoms with Gasteiger partial charge in [-0.3, -0.25) is 20.2 Å². The van der Waals surface area contributed by atoms with Crippen LogP contribution in [0.25, 0.3) is 0 Å². The largest absolute Gasteiger partial charge is 0.323 e. The molecule has 0 aliphatic carbocycles. The number of nitrogen functional groups attached to an aromatic ring is 1. The minimum absolute atomic E-state index is 0.0312. The van der Waals surface area contributed by atoms with Crippen LogP contribution in [-0.2, 0) is 17.1 Å². The molecule has 19 heavy (non-hydrogen) atoms. The van der Waals surface area contributed by atoms with E-state index in [2.05, 4.69) is 20.2 Å². The van der Waals surface area contributed by atoms with E-state index in [9.17, 15) is 8.42 Å². The van der Waals surface area contributed by atoms with E-state index in [1.54, 1.807) is 20.0 Å². The summed E-state index contributed by atoms with van der Waals surface area (Å²) in [6, 6.07) is 3.10. The first kappa shape index (κ1) is 13.3. The van der Waals surface area contributed by atoms with Crippen LogP contribution >= 0.6 is 0 Å². The molecule has 0 aliphatic rings. The average Bonchev–Trinajstić information content (AvgIpc) is 2.67. The van der Waals surface area contributed by atoms with E-state index in [4.69, 9.17) is 5.84 Å². The number of rotatable bonds is 4. The summed E-state index contributed by atoms with van der Waals surface area (Å²) < 4.78 is 28.4. The summed E-state index contributed by atoms with van der Waals surface area (Å²) in [5.74, 6) is 5.65. The molecule has 8 nitrogen and oxygen atoms in total. The Morgan fingerprint density at radius 3 is 2.74 bits per heavy atom. The molecule has 0 radical (unpaired) electrons. The van der Waals surface area contributed by atoms with Crippen molar-refractivity contribution in [2.75, 3.05) is 10.1 Å². The van der Waals surface area contributed by atoms with Gasteiger partial charge in [-0.2, -0.15) is 5.10 Å². The standard InChI is InChI=1S/C10H14N6O2S/c1-7-5-10(16(2)14-7)15-19(17,18)9-6-12-4-3-8(9)13-11/h3-6,15H,11H2,1-2H3,(H,12,13). The molecule has 0 bridgehead atoms. The van der Waals surface area contributed by atoms with Crippen molar-refractivity contribution >= 4 is 21.5 Å². The van der Waals surface area contributed by atoms with Crippen LogP contribution in [0.4, 0.5) is 11.5 Å². The Kier molecular flexibility index (Phi) is 3.40. The Labute approximate surface area is 110 Å². The van der Waals surface area contributed by atoms with Gasteiger partial charge in [0, 0.05) is 25.5 Å². The van der Waals surface area contributed by atoms with Crippen LogP contribution in [0.15, 0.2) is 29.4 Å². The highest BCUT2D eigenvalue weighted by Gasteiger charge is 2.20. The van der Waals surface area contributed by atoms with Gasteiger partial charge in [-0.05, 0) is 13.0 Å². The van der Waals surface area contributed by atoms with Gasteiger partial charge < -0.3 is 5.43 Å². The minimum atomic E-state index is -3.78. The lowest BCUT2D eigenvalue weighted by molar-refractivity contribution is 0.600. The van der Waals surface area contributed by atoms with Crippen molar-refractivity contribution in [2.24, 2.45) is 12.9 Å². The van der Waals surface area contributed by atoms with Crippen LogP contribution in [0.2, 0.25) is 0 Å². The molecule has 102 valence electrons. The minimum Gasteiger partial charge on any atom is -0.323 e. The highest BCUT2D eigenvalue weighted by molar-refractivity contribution is 7.92. The van der Waals surface area contributed by atoms with Gasteiger partial charge in [-0.25, -0.2) is 8.42 Å². The van der Waals surface area contributed by atoms with E-state index in [1.165, 1.54) is 23.1 Å². The topological polar surface area (TPSA) is 115 Å². The second-order valence-electron chi connectivity index (χ2n) is 3.92. The fourth-order valence-electron chi connectivity index (χ4n) is 1.61. The number of nitrogens with one attached hydrogen (secondary N) is 2. The van der Waals surface area contributed by atoms with Gasteiger partial charge in [0.25, 0.3) is 10.0 Å². The molecule has 0 saturated carbocycles. The molecule has 2 heterocycles. The summed E-state index contributed by atoms with van der Waals surface area (Å²) >= 11 is 0. The van der Waals surface area contributed by atoms with E-state index in [0.29, 0.717) is 11.5 Å². The van der Waals surface area contributed by atoms with Gasteiger partial charge in [-0.15, -0.1) is 0 Å². The van der Waals surface area contributed by atoms with Crippen LogP contribution in [0.5, 0.6) is 0 Å². The van der Waals surface area contributed by atoms with E-state index in [0.717, 1.165) is 0 Å². The van der Waals surface area contributed by atoms with Crippen molar-refractivity contribution in [3.05, 3.63) is 30.2 Å². The molecule has 9 heteroatoms. The molecular weight excluding hydrogens is 268 g/mol. The number of nitrogens with zero attached hydrogens (tertiary/aromatic N) is 3. The molecule has 0 aromatic carbocycles. The molecule has 0 fully saturated rings. The SMILES string of the molecule is Cc1cc(NS(=O)(=O)c2cnccc2NN)n(C)n1. The Morgan fingerprint density at radius 2 is 2.16 bits per heavy atom. The van der Waals surface area contributed by atoms with E-state index in [1.807, 2.05) is 0 Å². The number of anilines is 2. The molecule has 2 aromatic rings. The smallest absolute Gasteiger partial charge is 0.266 e. The molecule has 0 saturated heterocycles. The molecule has 0 aliphatic heterocycles. The maximum absolute atomic E-state index is 12.3. The zero-order valence-corrected chi connectivity index (χ0v) is 11.3. The molecule has 0 amide bonds. The molecule has 0 unspecified atom stereocenters. The Bertz CT molecular complexity index is 694. The fourth-order valence-corrected chi connectivity index (χ4v) is 2.80. The van der Waals surface area contributed by atoms with Gasteiger partial charge in [0.15, 0.2) is 0 Å². The first-order chi connectivity index (χ1) is 8.94. The summed E-state index contributed by atoms with van der Waals surface area (Å²) in [5.41, 5.74) is 3.30. The van der Waals surface area contributed by atoms with Crippen molar-refractivity contribution in [3.63, 3.8) is 0 Å². The summed E-state index contributed by atoms with van der Waals surface area (Å²) in [6.45, 7) is 1.77. The number of aryl methyl sites for hydroxylation is 2. The van der Waals surface area contributed by atoms with Gasteiger partial charge in [-0.1, -0.05) is 0 Å².